The smallest absolute Gasteiger partial charge is 0.344 e. The summed E-state index contributed by atoms with van der Waals surface area (Å²) in [4.78, 5) is 15.8. The van der Waals surface area contributed by atoms with E-state index in [9.17, 15) is 9.90 Å². The standard InChI is InChI=1S/C13H15NO3/c1-8-4-5-10-9(6-8)7-13(16,11(10)14-2)12(15)17-3/h4-6,16H,7H2,1-3H3. The van der Waals surface area contributed by atoms with Crippen LogP contribution in [0.25, 0.3) is 0 Å². The number of aryl methyl sites for hydroxylation is 1. The van der Waals surface area contributed by atoms with Gasteiger partial charge in [-0.25, -0.2) is 4.79 Å². The van der Waals surface area contributed by atoms with E-state index in [0.717, 1.165) is 16.7 Å². The highest BCUT2D eigenvalue weighted by atomic mass is 16.5. The molecule has 0 aromatic heterocycles. The molecule has 0 fully saturated rings. The number of carbonyl (C=O) groups excluding carboxylic acids is 1. The van der Waals surface area contributed by atoms with Crippen molar-refractivity contribution in [2.24, 2.45) is 4.99 Å². The summed E-state index contributed by atoms with van der Waals surface area (Å²) in [6.45, 7) is 1.97. The molecule has 1 atom stereocenters. The number of fused-ring (bicyclic) bond motifs is 1. The van der Waals surface area contributed by atoms with Gasteiger partial charge in [-0.15, -0.1) is 0 Å². The number of aliphatic hydroxyl groups is 1. The third-order valence-electron chi connectivity index (χ3n) is 3.10. The number of aliphatic imine (C=N–C) groups is 1. The molecule has 0 aliphatic heterocycles. The van der Waals surface area contributed by atoms with Crippen molar-refractivity contribution in [3.63, 3.8) is 0 Å². The maximum Gasteiger partial charge on any atom is 0.344 e. The topological polar surface area (TPSA) is 58.9 Å². The maximum absolute atomic E-state index is 11.7. The van der Waals surface area contributed by atoms with Crippen LogP contribution < -0.4 is 0 Å². The molecule has 90 valence electrons. The van der Waals surface area contributed by atoms with Crippen LogP contribution in [0.15, 0.2) is 23.2 Å². The fourth-order valence-corrected chi connectivity index (χ4v) is 2.33. The van der Waals surface area contributed by atoms with Crippen LogP contribution in [0.3, 0.4) is 0 Å². The monoisotopic (exact) mass is 233 g/mol. The first-order valence-electron chi connectivity index (χ1n) is 5.41. The Hall–Kier alpha value is -1.68. The van der Waals surface area contributed by atoms with Crippen molar-refractivity contribution in [1.29, 1.82) is 0 Å². The zero-order valence-electron chi connectivity index (χ0n) is 10.2. The average molecular weight is 233 g/mol. The second-order valence-corrected chi connectivity index (χ2v) is 4.26. The largest absolute Gasteiger partial charge is 0.467 e. The fourth-order valence-electron chi connectivity index (χ4n) is 2.33. The lowest BCUT2D eigenvalue weighted by molar-refractivity contribution is -0.154. The molecule has 0 saturated heterocycles. The predicted molar refractivity (Wildman–Crippen MR) is 64.3 cm³/mol. The van der Waals surface area contributed by atoms with Crippen molar-refractivity contribution in [3.8, 4) is 0 Å². The van der Waals surface area contributed by atoms with E-state index in [1.165, 1.54) is 7.11 Å². The molecule has 0 spiro atoms. The van der Waals surface area contributed by atoms with Crippen LogP contribution in [-0.4, -0.2) is 36.5 Å². The van der Waals surface area contributed by atoms with Crippen molar-refractivity contribution in [1.82, 2.24) is 0 Å². The van der Waals surface area contributed by atoms with Crippen LogP contribution in [-0.2, 0) is 16.0 Å². The Labute approximate surface area is 99.9 Å². The molecule has 2 rings (SSSR count). The second kappa shape index (κ2) is 3.96. The lowest BCUT2D eigenvalue weighted by atomic mass is 9.98. The summed E-state index contributed by atoms with van der Waals surface area (Å²) in [5.74, 6) is -0.660. The highest BCUT2D eigenvalue weighted by Gasteiger charge is 2.48. The summed E-state index contributed by atoms with van der Waals surface area (Å²) >= 11 is 0. The van der Waals surface area contributed by atoms with Gasteiger partial charge in [0.15, 0.2) is 0 Å². The Kier molecular flexibility index (Phi) is 2.75. The highest BCUT2D eigenvalue weighted by Crippen LogP contribution is 2.32. The summed E-state index contributed by atoms with van der Waals surface area (Å²) in [7, 11) is 2.83. The van der Waals surface area contributed by atoms with Crippen LogP contribution in [0.1, 0.15) is 16.7 Å². The molecule has 1 aliphatic rings. The average Bonchev–Trinajstić information content (AvgIpc) is 2.59. The minimum absolute atomic E-state index is 0.226. The number of rotatable bonds is 1. The Bertz CT molecular complexity index is 507. The van der Waals surface area contributed by atoms with E-state index in [-0.39, 0.29) is 6.42 Å². The number of esters is 1. The Morgan fingerprint density at radius 3 is 2.82 bits per heavy atom. The van der Waals surface area contributed by atoms with Gasteiger partial charge in [0.1, 0.15) is 0 Å². The third-order valence-corrected chi connectivity index (χ3v) is 3.10. The zero-order valence-corrected chi connectivity index (χ0v) is 10.2. The molecule has 1 aromatic carbocycles. The van der Waals surface area contributed by atoms with Gasteiger partial charge < -0.3 is 9.84 Å². The first-order valence-corrected chi connectivity index (χ1v) is 5.41. The van der Waals surface area contributed by atoms with Crippen LogP contribution >= 0.6 is 0 Å². The van der Waals surface area contributed by atoms with Crippen molar-refractivity contribution in [2.75, 3.05) is 14.2 Å². The summed E-state index contributed by atoms with van der Waals surface area (Å²) in [6, 6.07) is 5.78. The number of methoxy groups -OCH3 is 1. The molecule has 0 bridgehead atoms. The van der Waals surface area contributed by atoms with Gasteiger partial charge in [-0.05, 0) is 12.5 Å². The summed E-state index contributed by atoms with van der Waals surface area (Å²) < 4.78 is 4.66. The van der Waals surface area contributed by atoms with Gasteiger partial charge in [0, 0.05) is 19.0 Å². The number of benzene rings is 1. The number of carbonyl (C=O) groups is 1. The molecule has 1 aliphatic carbocycles. The SMILES string of the molecule is CN=C1c2ccc(C)cc2CC1(O)C(=O)OC. The van der Waals surface area contributed by atoms with Gasteiger partial charge >= 0.3 is 5.97 Å². The fraction of sp³-hybridized carbons (Fsp3) is 0.385. The normalized spacial score (nSPS) is 24.8. The van der Waals surface area contributed by atoms with Crippen molar-refractivity contribution >= 4 is 11.7 Å². The van der Waals surface area contributed by atoms with Crippen LogP contribution in [0.2, 0.25) is 0 Å². The molecule has 4 heteroatoms. The number of nitrogens with zero attached hydrogens (tertiary/aromatic N) is 1. The minimum Gasteiger partial charge on any atom is -0.467 e. The van der Waals surface area contributed by atoms with Gasteiger partial charge in [0.05, 0.1) is 12.8 Å². The van der Waals surface area contributed by atoms with Gasteiger partial charge in [-0.2, -0.15) is 0 Å². The van der Waals surface area contributed by atoms with E-state index >= 15 is 0 Å². The number of hydrogen-bond donors (Lipinski definition) is 1. The third kappa shape index (κ3) is 1.65. The van der Waals surface area contributed by atoms with E-state index in [0.29, 0.717) is 5.71 Å². The van der Waals surface area contributed by atoms with Crippen molar-refractivity contribution in [2.45, 2.75) is 18.9 Å². The molecule has 0 heterocycles. The lowest BCUT2D eigenvalue weighted by Crippen LogP contribution is -2.45. The molecule has 0 saturated carbocycles. The van der Waals surface area contributed by atoms with Gasteiger partial charge in [-0.1, -0.05) is 23.8 Å². The van der Waals surface area contributed by atoms with Crippen molar-refractivity contribution in [3.05, 3.63) is 34.9 Å². The summed E-state index contributed by atoms with van der Waals surface area (Å²) in [6.07, 6.45) is 0.226. The van der Waals surface area contributed by atoms with E-state index < -0.39 is 11.6 Å². The first kappa shape index (κ1) is 11.8. The highest BCUT2D eigenvalue weighted by molar-refractivity contribution is 6.21. The maximum atomic E-state index is 11.7. The molecule has 1 unspecified atom stereocenters. The molecule has 1 N–H and O–H groups in total. The zero-order chi connectivity index (χ0) is 12.6. The van der Waals surface area contributed by atoms with Gasteiger partial charge in [0.25, 0.3) is 0 Å². The molecule has 0 radical (unpaired) electrons. The van der Waals surface area contributed by atoms with Gasteiger partial charge in [0.2, 0.25) is 5.60 Å². The van der Waals surface area contributed by atoms with Crippen LogP contribution in [0.5, 0.6) is 0 Å². The predicted octanol–water partition coefficient (Wildman–Crippen LogP) is 0.874. The van der Waals surface area contributed by atoms with E-state index in [1.54, 1.807) is 7.05 Å². The lowest BCUT2D eigenvalue weighted by Gasteiger charge is -2.19. The quantitative estimate of drug-likeness (QED) is 0.732. The summed E-state index contributed by atoms with van der Waals surface area (Å²) in [5.41, 5.74) is 1.59. The molecular weight excluding hydrogens is 218 g/mol. The van der Waals surface area contributed by atoms with E-state index in [2.05, 4.69) is 9.73 Å². The molecule has 0 amide bonds. The minimum atomic E-state index is -1.64. The number of hydrogen-bond acceptors (Lipinski definition) is 4. The first-order chi connectivity index (χ1) is 8.02. The number of ether oxygens (including phenoxy) is 1. The van der Waals surface area contributed by atoms with Crippen LogP contribution in [0.4, 0.5) is 0 Å². The molecular formula is C13H15NO3. The Balaban J connectivity index is 2.56. The second-order valence-electron chi connectivity index (χ2n) is 4.26. The molecule has 17 heavy (non-hydrogen) atoms. The molecule has 1 aromatic rings. The Morgan fingerprint density at radius 2 is 2.24 bits per heavy atom. The summed E-state index contributed by atoms with van der Waals surface area (Å²) in [5, 5.41) is 10.4. The van der Waals surface area contributed by atoms with Crippen molar-refractivity contribution < 1.29 is 14.6 Å². The van der Waals surface area contributed by atoms with E-state index in [4.69, 9.17) is 0 Å². The molecule has 4 nitrogen and oxygen atoms in total. The van der Waals surface area contributed by atoms with Crippen LogP contribution in [0, 0.1) is 6.92 Å². The van der Waals surface area contributed by atoms with Gasteiger partial charge in [-0.3, -0.25) is 4.99 Å². The van der Waals surface area contributed by atoms with E-state index in [1.807, 2.05) is 25.1 Å². The Morgan fingerprint density at radius 1 is 1.53 bits per heavy atom.